The van der Waals surface area contributed by atoms with Gasteiger partial charge in [0.1, 0.15) is 5.75 Å². The van der Waals surface area contributed by atoms with Crippen LogP contribution in [0.25, 0.3) is 0 Å². The van der Waals surface area contributed by atoms with Gasteiger partial charge >= 0.3 is 0 Å². The SMILES string of the molecule is CC1CN(c2ccc(NC3(C)Oc4ccccc4NC3=O)cc2)CC(C)O1. The van der Waals surface area contributed by atoms with Gasteiger partial charge in [0.25, 0.3) is 11.6 Å². The van der Waals surface area contributed by atoms with Gasteiger partial charge in [-0.2, -0.15) is 0 Å². The number of nitrogens with zero attached hydrogens (tertiary/aromatic N) is 1. The molecule has 6 heteroatoms. The summed E-state index contributed by atoms with van der Waals surface area (Å²) >= 11 is 0. The van der Waals surface area contributed by atoms with Crippen LogP contribution in [0.4, 0.5) is 17.1 Å². The van der Waals surface area contributed by atoms with Crippen LogP contribution in [-0.4, -0.2) is 36.9 Å². The Labute approximate surface area is 159 Å². The van der Waals surface area contributed by atoms with Gasteiger partial charge in [0.2, 0.25) is 0 Å². The van der Waals surface area contributed by atoms with Crippen molar-refractivity contribution in [1.82, 2.24) is 0 Å². The summed E-state index contributed by atoms with van der Waals surface area (Å²) in [6, 6.07) is 15.5. The van der Waals surface area contributed by atoms with Crippen molar-refractivity contribution in [2.45, 2.75) is 38.7 Å². The molecule has 2 aliphatic heterocycles. The number of carbonyl (C=O) groups excluding carboxylic acids is 1. The highest BCUT2D eigenvalue weighted by molar-refractivity contribution is 6.01. The van der Waals surface area contributed by atoms with Crippen LogP contribution in [0.15, 0.2) is 48.5 Å². The standard InChI is InChI=1S/C21H25N3O3/c1-14-12-24(13-15(2)26-14)17-10-8-16(9-11-17)23-21(3)20(25)22-18-6-4-5-7-19(18)27-21/h4-11,14-15,23H,12-13H2,1-3H3,(H,22,25). The van der Waals surface area contributed by atoms with Gasteiger partial charge < -0.3 is 25.0 Å². The molecule has 2 N–H and O–H groups in total. The van der Waals surface area contributed by atoms with Crippen molar-refractivity contribution in [3.8, 4) is 5.75 Å². The number of hydrogen-bond acceptors (Lipinski definition) is 5. The molecule has 2 aliphatic rings. The maximum Gasteiger partial charge on any atom is 0.289 e. The molecule has 0 aliphatic carbocycles. The summed E-state index contributed by atoms with van der Waals surface area (Å²) in [5.74, 6) is 0.432. The Morgan fingerprint density at radius 2 is 1.74 bits per heavy atom. The van der Waals surface area contributed by atoms with Crippen molar-refractivity contribution in [1.29, 1.82) is 0 Å². The molecule has 27 heavy (non-hydrogen) atoms. The number of hydrogen-bond donors (Lipinski definition) is 2. The Bertz CT molecular complexity index is 829. The lowest BCUT2D eigenvalue weighted by Gasteiger charge is -2.37. The molecule has 3 unspecified atom stereocenters. The lowest BCUT2D eigenvalue weighted by molar-refractivity contribution is -0.128. The van der Waals surface area contributed by atoms with Crippen LogP contribution >= 0.6 is 0 Å². The number of morpholine rings is 1. The van der Waals surface area contributed by atoms with Gasteiger partial charge in [-0.3, -0.25) is 4.79 Å². The summed E-state index contributed by atoms with van der Waals surface area (Å²) < 4.78 is 11.8. The first-order valence-electron chi connectivity index (χ1n) is 9.31. The molecule has 4 rings (SSSR count). The third-order valence-corrected chi connectivity index (χ3v) is 4.92. The van der Waals surface area contributed by atoms with Gasteiger partial charge in [0.05, 0.1) is 17.9 Å². The van der Waals surface area contributed by atoms with Crippen LogP contribution in [-0.2, 0) is 9.53 Å². The molecule has 1 amide bonds. The van der Waals surface area contributed by atoms with E-state index < -0.39 is 5.72 Å². The van der Waals surface area contributed by atoms with E-state index in [0.29, 0.717) is 11.4 Å². The highest BCUT2D eigenvalue weighted by atomic mass is 16.5. The number of fused-ring (bicyclic) bond motifs is 1. The molecule has 3 atom stereocenters. The van der Waals surface area contributed by atoms with Crippen molar-refractivity contribution < 1.29 is 14.3 Å². The topological polar surface area (TPSA) is 62.8 Å². The average molecular weight is 367 g/mol. The Morgan fingerprint density at radius 1 is 1.07 bits per heavy atom. The minimum Gasteiger partial charge on any atom is -0.457 e. The molecule has 0 saturated carbocycles. The first kappa shape index (κ1) is 17.7. The fraction of sp³-hybridized carbons (Fsp3) is 0.381. The van der Waals surface area contributed by atoms with Crippen molar-refractivity contribution in [2.75, 3.05) is 28.6 Å². The third kappa shape index (κ3) is 3.57. The fourth-order valence-corrected chi connectivity index (χ4v) is 3.67. The van der Waals surface area contributed by atoms with Crippen LogP contribution in [0.3, 0.4) is 0 Å². The summed E-state index contributed by atoms with van der Waals surface area (Å²) in [7, 11) is 0. The largest absolute Gasteiger partial charge is 0.457 e. The molecular formula is C21H25N3O3. The second kappa shape index (κ2) is 6.78. The van der Waals surface area contributed by atoms with E-state index in [4.69, 9.17) is 9.47 Å². The van der Waals surface area contributed by atoms with E-state index in [-0.39, 0.29) is 18.1 Å². The fourth-order valence-electron chi connectivity index (χ4n) is 3.67. The zero-order valence-electron chi connectivity index (χ0n) is 15.9. The Kier molecular flexibility index (Phi) is 4.44. The number of ether oxygens (including phenoxy) is 2. The Morgan fingerprint density at radius 3 is 2.44 bits per heavy atom. The van der Waals surface area contributed by atoms with Crippen LogP contribution in [0.2, 0.25) is 0 Å². The van der Waals surface area contributed by atoms with E-state index >= 15 is 0 Å². The third-order valence-electron chi connectivity index (χ3n) is 4.92. The molecule has 2 heterocycles. The molecule has 1 fully saturated rings. The Balaban J connectivity index is 1.49. The number of carbonyl (C=O) groups is 1. The van der Waals surface area contributed by atoms with Gasteiger partial charge in [0, 0.05) is 31.4 Å². The quantitative estimate of drug-likeness (QED) is 0.870. The lowest BCUT2D eigenvalue weighted by Crippen LogP contribution is -2.54. The molecule has 142 valence electrons. The van der Waals surface area contributed by atoms with E-state index in [1.54, 1.807) is 6.92 Å². The lowest BCUT2D eigenvalue weighted by atomic mass is 10.1. The van der Waals surface area contributed by atoms with Gasteiger partial charge in [-0.25, -0.2) is 0 Å². The zero-order valence-corrected chi connectivity index (χ0v) is 15.9. The van der Waals surface area contributed by atoms with E-state index in [1.165, 1.54) is 0 Å². The van der Waals surface area contributed by atoms with Crippen LogP contribution in [0.5, 0.6) is 5.75 Å². The molecule has 0 spiro atoms. The minimum absolute atomic E-state index is 0.213. The molecule has 0 radical (unpaired) electrons. The minimum atomic E-state index is -1.17. The summed E-state index contributed by atoms with van der Waals surface area (Å²) in [4.78, 5) is 14.9. The van der Waals surface area contributed by atoms with Crippen LogP contribution in [0, 0.1) is 0 Å². The summed E-state index contributed by atoms with van der Waals surface area (Å²) in [5, 5.41) is 6.11. The van der Waals surface area contributed by atoms with E-state index in [2.05, 4.69) is 41.5 Å². The summed E-state index contributed by atoms with van der Waals surface area (Å²) in [5.41, 5.74) is 1.49. The predicted octanol–water partition coefficient (Wildman–Crippen LogP) is 3.46. The van der Waals surface area contributed by atoms with Crippen LogP contribution in [0.1, 0.15) is 20.8 Å². The van der Waals surface area contributed by atoms with E-state index in [0.717, 1.165) is 24.5 Å². The second-order valence-corrected chi connectivity index (χ2v) is 7.42. The second-order valence-electron chi connectivity index (χ2n) is 7.42. The number of anilines is 3. The van der Waals surface area contributed by atoms with E-state index in [9.17, 15) is 4.79 Å². The highest BCUT2D eigenvalue weighted by Crippen LogP contribution is 2.34. The van der Waals surface area contributed by atoms with E-state index in [1.807, 2.05) is 36.4 Å². The molecule has 1 saturated heterocycles. The van der Waals surface area contributed by atoms with Crippen molar-refractivity contribution in [3.05, 3.63) is 48.5 Å². The van der Waals surface area contributed by atoms with Crippen molar-refractivity contribution in [3.63, 3.8) is 0 Å². The van der Waals surface area contributed by atoms with Gasteiger partial charge in [-0.15, -0.1) is 0 Å². The van der Waals surface area contributed by atoms with Crippen molar-refractivity contribution >= 4 is 23.0 Å². The summed E-state index contributed by atoms with van der Waals surface area (Å²) in [6.07, 6.45) is 0.426. The molecule has 6 nitrogen and oxygen atoms in total. The molecule has 0 aromatic heterocycles. The van der Waals surface area contributed by atoms with Gasteiger partial charge in [0.15, 0.2) is 0 Å². The number of para-hydroxylation sites is 2. The first-order valence-corrected chi connectivity index (χ1v) is 9.31. The Hall–Kier alpha value is -2.73. The number of rotatable bonds is 3. The molecular weight excluding hydrogens is 342 g/mol. The average Bonchev–Trinajstić information content (AvgIpc) is 2.62. The summed E-state index contributed by atoms with van der Waals surface area (Å²) in [6.45, 7) is 7.67. The number of amides is 1. The highest BCUT2D eigenvalue weighted by Gasteiger charge is 2.40. The predicted molar refractivity (Wildman–Crippen MR) is 106 cm³/mol. The first-order chi connectivity index (χ1) is 12.9. The maximum atomic E-state index is 12.5. The molecule has 2 aromatic carbocycles. The maximum absolute atomic E-state index is 12.5. The zero-order chi connectivity index (χ0) is 19.0. The van der Waals surface area contributed by atoms with Crippen LogP contribution < -0.4 is 20.3 Å². The van der Waals surface area contributed by atoms with Gasteiger partial charge in [-0.05, 0) is 50.2 Å². The molecule has 0 bridgehead atoms. The normalized spacial score (nSPS) is 27.4. The van der Waals surface area contributed by atoms with Crippen molar-refractivity contribution in [2.24, 2.45) is 0 Å². The smallest absolute Gasteiger partial charge is 0.289 e. The monoisotopic (exact) mass is 367 g/mol. The van der Waals surface area contributed by atoms with Gasteiger partial charge in [-0.1, -0.05) is 12.1 Å². The number of nitrogens with one attached hydrogen (secondary N) is 2. The molecule has 2 aromatic rings. The number of benzene rings is 2.